The van der Waals surface area contributed by atoms with E-state index in [1.807, 2.05) is 83.1 Å². The van der Waals surface area contributed by atoms with Gasteiger partial charge in [-0.1, -0.05) is 81.1 Å². The van der Waals surface area contributed by atoms with Crippen molar-refractivity contribution in [3.63, 3.8) is 0 Å². The summed E-state index contributed by atoms with van der Waals surface area (Å²) >= 11 is 0. The molecule has 0 aromatic heterocycles. The normalized spacial score (nSPS) is 19.1. The molecule has 0 heterocycles. The highest BCUT2D eigenvalue weighted by Gasteiger charge is 2.37. The maximum atomic E-state index is 11.9. The van der Waals surface area contributed by atoms with Crippen molar-refractivity contribution in [1.82, 2.24) is 0 Å². The number of hydrogen-bond donors (Lipinski definition) is 0. The molecule has 2 atom stereocenters. The number of carbonyl (C=O) groups is 8. The van der Waals surface area contributed by atoms with E-state index in [1.54, 1.807) is 13.8 Å². The van der Waals surface area contributed by atoms with Crippen molar-refractivity contribution < 1.29 is 76.3 Å². The minimum atomic E-state index is -0.548. The van der Waals surface area contributed by atoms with E-state index in [0.29, 0.717) is 25.7 Å². The fourth-order valence-electron chi connectivity index (χ4n) is 9.21. The maximum absolute atomic E-state index is 11.9. The summed E-state index contributed by atoms with van der Waals surface area (Å²) in [7, 11) is 0. The molecular formula is C60H104O16. The molecule has 4 fully saturated rings. The Hall–Kier alpha value is -4.24. The third kappa shape index (κ3) is 26.4. The predicted molar refractivity (Wildman–Crippen MR) is 290 cm³/mol. The van der Waals surface area contributed by atoms with Gasteiger partial charge in [0.05, 0.1) is 22.7 Å². The predicted octanol–water partition coefficient (Wildman–Crippen LogP) is 12.9. The van der Waals surface area contributed by atoms with Gasteiger partial charge in [0, 0.05) is 0 Å². The van der Waals surface area contributed by atoms with E-state index in [9.17, 15) is 38.4 Å². The topological polar surface area (TPSA) is 210 Å². The van der Waals surface area contributed by atoms with Crippen molar-refractivity contribution in [3.8, 4) is 0 Å². The van der Waals surface area contributed by atoms with Crippen LogP contribution in [0, 0.1) is 22.7 Å². The molecule has 0 amide bonds. The molecule has 0 bridgehead atoms. The van der Waals surface area contributed by atoms with Crippen molar-refractivity contribution in [2.45, 2.75) is 286 Å². The molecule has 440 valence electrons. The first kappa shape index (κ1) is 69.8. The average Bonchev–Trinajstić information content (AvgIpc) is 3.40. The molecular weight excluding hydrogens is 977 g/mol. The first-order valence-electron chi connectivity index (χ1n) is 29.2. The van der Waals surface area contributed by atoms with Crippen molar-refractivity contribution in [2.75, 3.05) is 26.4 Å². The third-order valence-electron chi connectivity index (χ3n) is 16.2. The summed E-state index contributed by atoms with van der Waals surface area (Å²) in [5.41, 5.74) is -2.48. The molecule has 0 saturated heterocycles. The molecule has 0 aromatic carbocycles. The van der Waals surface area contributed by atoms with Crippen molar-refractivity contribution in [3.05, 3.63) is 0 Å². The van der Waals surface area contributed by atoms with Crippen molar-refractivity contribution >= 4 is 47.8 Å². The Balaban J connectivity index is 0.000000507. The molecule has 4 aliphatic rings. The second-order valence-corrected chi connectivity index (χ2v) is 23.6. The molecule has 4 saturated carbocycles. The number of ether oxygens (including phenoxy) is 8. The van der Waals surface area contributed by atoms with Crippen LogP contribution in [0.15, 0.2) is 0 Å². The molecule has 0 spiro atoms. The number of carbonyl (C=O) groups excluding carboxylic acids is 8. The molecule has 16 nitrogen and oxygen atoms in total. The van der Waals surface area contributed by atoms with Crippen LogP contribution in [0.2, 0.25) is 0 Å². The molecule has 76 heavy (non-hydrogen) atoms. The number of hydrogen-bond acceptors (Lipinski definition) is 16. The standard InChI is InChI=1S/C16H28O4.2C15H26O4.C14H24O4/c1-5-15(3,4)14(18)19-12-13(17)20-16(6-2)10-8-7-9-11-16;1-5-14(2,3)13(17)18-11-12(16)19-15(4)9-7-6-8-10-15;1-4-12(3)14(17)18-11-13(16)19-15(5-2)9-7-6-8-10-15;1-4-11(2)13(16)17-10-12(15)18-14(3)8-6-5-7-9-14/h5-12H2,1-4H3;5-11H2,1-4H3;12H,4-11H2,1-3H3;11H,4-10H2,1-3H3. The molecule has 0 radical (unpaired) electrons. The van der Waals surface area contributed by atoms with Gasteiger partial charge in [-0.2, -0.15) is 0 Å². The molecule has 0 aromatic rings. The summed E-state index contributed by atoms with van der Waals surface area (Å²) in [6, 6.07) is 0. The largest absolute Gasteiger partial charge is 0.457 e. The minimum absolute atomic E-state index is 0.164. The van der Waals surface area contributed by atoms with Gasteiger partial charge in [0.2, 0.25) is 0 Å². The Morgan fingerprint density at radius 2 is 0.632 bits per heavy atom. The van der Waals surface area contributed by atoms with Gasteiger partial charge in [0.15, 0.2) is 26.4 Å². The Labute approximate surface area is 457 Å². The monoisotopic (exact) mass is 1080 g/mol. The van der Waals surface area contributed by atoms with E-state index in [4.69, 9.17) is 37.9 Å². The Morgan fingerprint density at radius 3 is 0.882 bits per heavy atom. The van der Waals surface area contributed by atoms with Gasteiger partial charge in [0.1, 0.15) is 22.4 Å². The van der Waals surface area contributed by atoms with E-state index in [-0.39, 0.29) is 84.5 Å². The summed E-state index contributed by atoms with van der Waals surface area (Å²) in [6.07, 6.45) is 25.3. The van der Waals surface area contributed by atoms with Crippen molar-refractivity contribution in [2.24, 2.45) is 22.7 Å². The Morgan fingerprint density at radius 1 is 0.382 bits per heavy atom. The van der Waals surface area contributed by atoms with Crippen LogP contribution in [-0.2, 0) is 76.3 Å². The lowest BCUT2D eigenvalue weighted by Crippen LogP contribution is -2.38. The third-order valence-corrected chi connectivity index (χ3v) is 16.2. The Bertz CT molecular complexity index is 1780. The highest BCUT2D eigenvalue weighted by Crippen LogP contribution is 2.36. The molecule has 16 heteroatoms. The molecule has 4 rings (SSSR count). The minimum Gasteiger partial charge on any atom is -0.457 e. The maximum Gasteiger partial charge on any atom is 0.344 e. The first-order valence-corrected chi connectivity index (χ1v) is 29.2. The number of esters is 8. The second kappa shape index (κ2) is 34.6. The SMILES string of the molecule is CCC(C)(C)C(=O)OCC(=O)OC1(C)CCCCC1.CCC(C)C(=O)OCC(=O)OC1(C)CCCCC1.CCC(C)C(=O)OCC(=O)OC1(CC)CCCCC1.CCC1(OC(=O)COC(=O)C(C)(C)CC)CCCCC1. The first-order chi connectivity index (χ1) is 35.6. The smallest absolute Gasteiger partial charge is 0.344 e. The zero-order valence-electron chi connectivity index (χ0n) is 49.9. The van der Waals surface area contributed by atoms with Crippen LogP contribution in [0.4, 0.5) is 0 Å². The van der Waals surface area contributed by atoms with Crippen LogP contribution >= 0.6 is 0 Å². The fraction of sp³-hybridized carbons (Fsp3) is 0.867. The van der Waals surface area contributed by atoms with Crippen LogP contribution in [0.1, 0.15) is 264 Å². The van der Waals surface area contributed by atoms with Gasteiger partial charge in [-0.25, -0.2) is 19.2 Å². The summed E-state index contributed by atoms with van der Waals surface area (Å²) < 4.78 is 42.1. The molecule has 2 unspecified atom stereocenters. The lowest BCUT2D eigenvalue weighted by molar-refractivity contribution is -0.176. The second-order valence-electron chi connectivity index (χ2n) is 23.6. The van der Waals surface area contributed by atoms with Gasteiger partial charge < -0.3 is 37.9 Å². The van der Waals surface area contributed by atoms with Gasteiger partial charge in [-0.05, 0) is 183 Å². The number of rotatable bonds is 22. The van der Waals surface area contributed by atoms with Gasteiger partial charge >= 0.3 is 47.8 Å². The average molecular weight is 1080 g/mol. The lowest BCUT2D eigenvalue weighted by Gasteiger charge is -2.36. The van der Waals surface area contributed by atoms with E-state index >= 15 is 0 Å². The van der Waals surface area contributed by atoms with Crippen LogP contribution in [-0.4, -0.2) is 96.6 Å². The molecule has 0 aliphatic heterocycles. The highest BCUT2D eigenvalue weighted by molar-refractivity contribution is 5.81. The summed E-state index contributed by atoms with van der Waals surface area (Å²) in [5, 5.41) is 0. The van der Waals surface area contributed by atoms with E-state index in [1.165, 1.54) is 25.7 Å². The zero-order chi connectivity index (χ0) is 57.6. The summed E-state index contributed by atoms with van der Waals surface area (Å²) in [6.45, 7) is 25.4. The summed E-state index contributed by atoms with van der Waals surface area (Å²) in [4.78, 5) is 93.5. The highest BCUT2D eigenvalue weighted by atomic mass is 16.6. The van der Waals surface area contributed by atoms with E-state index < -0.39 is 34.7 Å². The van der Waals surface area contributed by atoms with E-state index in [2.05, 4.69) is 0 Å². The molecule has 0 N–H and O–H groups in total. The van der Waals surface area contributed by atoms with Crippen molar-refractivity contribution in [1.29, 1.82) is 0 Å². The van der Waals surface area contributed by atoms with Gasteiger partial charge in [0.25, 0.3) is 0 Å². The van der Waals surface area contributed by atoms with Crippen LogP contribution < -0.4 is 0 Å². The zero-order valence-corrected chi connectivity index (χ0v) is 49.9. The van der Waals surface area contributed by atoms with Gasteiger partial charge in [-0.3, -0.25) is 19.2 Å². The molecule has 4 aliphatic carbocycles. The van der Waals surface area contributed by atoms with Crippen LogP contribution in [0.3, 0.4) is 0 Å². The van der Waals surface area contributed by atoms with Gasteiger partial charge in [-0.15, -0.1) is 0 Å². The fourth-order valence-corrected chi connectivity index (χ4v) is 9.21. The lowest BCUT2D eigenvalue weighted by atomic mass is 9.83. The summed E-state index contributed by atoms with van der Waals surface area (Å²) in [5.74, 6) is -3.38. The van der Waals surface area contributed by atoms with Crippen LogP contribution in [0.25, 0.3) is 0 Å². The quantitative estimate of drug-likeness (QED) is 0.0729. The van der Waals surface area contributed by atoms with E-state index in [0.717, 1.165) is 116 Å². The Kier molecular flexibility index (Phi) is 31.8. The van der Waals surface area contributed by atoms with Crippen LogP contribution in [0.5, 0.6) is 0 Å².